The normalized spacial score (nSPS) is 11.3. The molecule has 0 aromatic heterocycles. The Morgan fingerprint density at radius 3 is 2.17 bits per heavy atom. The summed E-state index contributed by atoms with van der Waals surface area (Å²) in [4.78, 5) is 24.9. The lowest BCUT2D eigenvalue weighted by Gasteiger charge is -2.11. The number of esters is 1. The molecule has 3 rings (SSSR count). The Hall–Kier alpha value is -3.07. The van der Waals surface area contributed by atoms with Crippen LogP contribution in [0.2, 0.25) is 5.02 Å². The van der Waals surface area contributed by atoms with Crippen molar-refractivity contribution >= 4 is 33.4 Å². The van der Waals surface area contributed by atoms with Gasteiger partial charge < -0.3 is 4.74 Å². The highest BCUT2D eigenvalue weighted by atomic mass is 35.5. The number of nitrogens with one attached hydrogen (secondary N) is 1. The standard InChI is InChI=1S/C26H25ClFNO5S/c1-2-34-25(30)12-3-18-15-19(13-14-29-35(32,33)24-10-6-22(27)7-11-24)17-21(16-18)26(31)20-4-8-23(28)9-5-20/h4-11,15-17,29H,2-3,12-14H2,1H3. The molecule has 35 heavy (non-hydrogen) atoms. The second kappa shape index (κ2) is 12.1. The predicted molar refractivity (Wildman–Crippen MR) is 132 cm³/mol. The van der Waals surface area contributed by atoms with Crippen LogP contribution in [-0.4, -0.2) is 33.3 Å². The number of carbonyl (C=O) groups is 2. The number of hydrogen-bond donors (Lipinski definition) is 1. The number of carbonyl (C=O) groups excluding carboxylic acids is 2. The number of benzene rings is 3. The van der Waals surface area contributed by atoms with Crippen LogP contribution < -0.4 is 4.72 Å². The van der Waals surface area contributed by atoms with E-state index in [4.69, 9.17) is 16.3 Å². The van der Waals surface area contributed by atoms with Crippen molar-refractivity contribution in [1.29, 1.82) is 0 Å². The van der Waals surface area contributed by atoms with E-state index in [9.17, 15) is 22.4 Å². The molecule has 0 aliphatic rings. The summed E-state index contributed by atoms with van der Waals surface area (Å²) >= 11 is 5.83. The Morgan fingerprint density at radius 2 is 1.54 bits per heavy atom. The molecule has 6 nitrogen and oxygen atoms in total. The Bertz CT molecular complexity index is 1290. The summed E-state index contributed by atoms with van der Waals surface area (Å²) in [7, 11) is -3.73. The second-order valence-electron chi connectivity index (χ2n) is 7.78. The number of rotatable bonds is 11. The van der Waals surface area contributed by atoms with Gasteiger partial charge in [0.25, 0.3) is 0 Å². The molecule has 0 aliphatic heterocycles. The van der Waals surface area contributed by atoms with Crippen LogP contribution in [0.4, 0.5) is 4.39 Å². The fourth-order valence-electron chi connectivity index (χ4n) is 3.46. The molecule has 0 heterocycles. The van der Waals surface area contributed by atoms with Gasteiger partial charge in [-0.25, -0.2) is 17.5 Å². The molecule has 0 saturated heterocycles. The monoisotopic (exact) mass is 517 g/mol. The lowest BCUT2D eigenvalue weighted by atomic mass is 9.96. The van der Waals surface area contributed by atoms with E-state index in [1.54, 1.807) is 19.1 Å². The molecule has 0 saturated carbocycles. The zero-order valence-corrected chi connectivity index (χ0v) is 20.7. The van der Waals surface area contributed by atoms with Crippen molar-refractivity contribution in [3.63, 3.8) is 0 Å². The zero-order valence-electron chi connectivity index (χ0n) is 19.1. The van der Waals surface area contributed by atoms with Gasteiger partial charge in [0.15, 0.2) is 5.78 Å². The number of aryl methyl sites for hydroxylation is 1. The van der Waals surface area contributed by atoms with Crippen molar-refractivity contribution in [3.8, 4) is 0 Å². The minimum absolute atomic E-state index is 0.0937. The Labute approximate surface area is 209 Å². The van der Waals surface area contributed by atoms with Crippen LogP contribution >= 0.6 is 11.6 Å². The van der Waals surface area contributed by atoms with Crippen LogP contribution in [0, 0.1) is 5.82 Å². The molecule has 0 spiro atoms. The van der Waals surface area contributed by atoms with Crippen LogP contribution in [0.1, 0.15) is 40.4 Å². The van der Waals surface area contributed by atoms with Crippen molar-refractivity contribution in [1.82, 2.24) is 4.72 Å². The maximum atomic E-state index is 13.3. The van der Waals surface area contributed by atoms with Gasteiger partial charge >= 0.3 is 5.97 Å². The van der Waals surface area contributed by atoms with Crippen molar-refractivity contribution in [2.45, 2.75) is 31.1 Å². The molecule has 0 aliphatic carbocycles. The summed E-state index contributed by atoms with van der Waals surface area (Å²) in [6.07, 6.45) is 0.807. The summed E-state index contributed by atoms with van der Waals surface area (Å²) < 4.78 is 45.9. The molecule has 1 N–H and O–H groups in total. The van der Waals surface area contributed by atoms with Gasteiger partial charge in [-0.15, -0.1) is 0 Å². The topological polar surface area (TPSA) is 89.5 Å². The molecule has 3 aromatic rings. The Balaban J connectivity index is 1.79. The molecule has 0 fully saturated rings. The third-order valence-electron chi connectivity index (χ3n) is 5.17. The molecule has 3 aromatic carbocycles. The maximum absolute atomic E-state index is 13.3. The fraction of sp³-hybridized carbons (Fsp3) is 0.231. The summed E-state index contributed by atoms with van der Waals surface area (Å²) in [5, 5.41) is 0.432. The van der Waals surface area contributed by atoms with E-state index in [0.717, 1.165) is 11.1 Å². The van der Waals surface area contributed by atoms with Crippen molar-refractivity contribution in [2.75, 3.05) is 13.2 Å². The Kier molecular flexibility index (Phi) is 9.14. The first-order chi connectivity index (χ1) is 16.7. The van der Waals surface area contributed by atoms with E-state index in [1.807, 2.05) is 6.07 Å². The fourth-order valence-corrected chi connectivity index (χ4v) is 4.61. The number of ether oxygens (including phenoxy) is 1. The highest BCUT2D eigenvalue weighted by Gasteiger charge is 2.15. The molecule has 0 bridgehead atoms. The quantitative estimate of drug-likeness (QED) is 0.293. The first kappa shape index (κ1) is 26.5. The van der Waals surface area contributed by atoms with E-state index < -0.39 is 15.8 Å². The average Bonchev–Trinajstić information content (AvgIpc) is 2.83. The van der Waals surface area contributed by atoms with Crippen LogP contribution in [0.5, 0.6) is 0 Å². The lowest BCUT2D eigenvalue weighted by Crippen LogP contribution is -2.26. The highest BCUT2D eigenvalue weighted by molar-refractivity contribution is 7.89. The van der Waals surface area contributed by atoms with Crippen LogP contribution in [0.25, 0.3) is 0 Å². The van der Waals surface area contributed by atoms with E-state index in [1.165, 1.54) is 48.5 Å². The van der Waals surface area contributed by atoms with Crippen molar-refractivity contribution < 1.29 is 27.1 Å². The summed E-state index contributed by atoms with van der Waals surface area (Å²) in [5.74, 6) is -1.09. The highest BCUT2D eigenvalue weighted by Crippen LogP contribution is 2.18. The van der Waals surface area contributed by atoms with Crippen molar-refractivity contribution in [3.05, 3.63) is 99.8 Å². The van der Waals surface area contributed by atoms with E-state index in [2.05, 4.69) is 4.72 Å². The van der Waals surface area contributed by atoms with Gasteiger partial charge in [0.2, 0.25) is 10.0 Å². The minimum Gasteiger partial charge on any atom is -0.466 e. The van der Waals surface area contributed by atoms with E-state index >= 15 is 0 Å². The third-order valence-corrected chi connectivity index (χ3v) is 6.90. The maximum Gasteiger partial charge on any atom is 0.306 e. The minimum atomic E-state index is -3.73. The van der Waals surface area contributed by atoms with Gasteiger partial charge in [0.05, 0.1) is 11.5 Å². The third kappa shape index (κ3) is 7.71. The molecular weight excluding hydrogens is 493 g/mol. The number of ketones is 1. The molecule has 9 heteroatoms. The summed E-state index contributed by atoms with van der Waals surface area (Å²) in [6.45, 7) is 2.10. The van der Waals surface area contributed by atoms with Gasteiger partial charge in [0, 0.05) is 29.1 Å². The van der Waals surface area contributed by atoms with Crippen LogP contribution in [-0.2, 0) is 32.4 Å². The smallest absolute Gasteiger partial charge is 0.306 e. The molecular formula is C26H25ClFNO5S. The molecule has 0 unspecified atom stereocenters. The molecule has 0 amide bonds. The van der Waals surface area contributed by atoms with Gasteiger partial charge in [-0.05, 0) is 91.6 Å². The summed E-state index contributed by atoms with van der Waals surface area (Å²) in [5.41, 5.74) is 2.15. The number of halogens is 2. The first-order valence-electron chi connectivity index (χ1n) is 11.0. The average molecular weight is 518 g/mol. The van der Waals surface area contributed by atoms with Gasteiger partial charge in [-0.1, -0.05) is 17.7 Å². The Morgan fingerprint density at radius 1 is 0.914 bits per heavy atom. The zero-order chi connectivity index (χ0) is 25.4. The SMILES string of the molecule is CCOC(=O)CCc1cc(CCNS(=O)(=O)c2ccc(Cl)cc2)cc(C(=O)c2ccc(F)cc2)c1. The van der Waals surface area contributed by atoms with Gasteiger partial charge in [-0.3, -0.25) is 9.59 Å². The van der Waals surface area contributed by atoms with Gasteiger partial charge in [0.1, 0.15) is 5.82 Å². The lowest BCUT2D eigenvalue weighted by molar-refractivity contribution is -0.143. The first-order valence-corrected chi connectivity index (χ1v) is 12.9. The summed E-state index contributed by atoms with van der Waals surface area (Å²) in [6, 6.07) is 16.3. The number of sulfonamides is 1. The molecule has 0 radical (unpaired) electrons. The van der Waals surface area contributed by atoms with Gasteiger partial charge in [-0.2, -0.15) is 0 Å². The second-order valence-corrected chi connectivity index (χ2v) is 9.98. The largest absolute Gasteiger partial charge is 0.466 e. The van der Waals surface area contributed by atoms with Crippen LogP contribution in [0.3, 0.4) is 0 Å². The van der Waals surface area contributed by atoms with E-state index in [0.29, 0.717) is 29.0 Å². The molecule has 184 valence electrons. The predicted octanol–water partition coefficient (Wildman–Crippen LogP) is 4.73. The van der Waals surface area contributed by atoms with Crippen molar-refractivity contribution in [2.24, 2.45) is 0 Å². The van der Waals surface area contributed by atoms with Crippen LogP contribution in [0.15, 0.2) is 71.6 Å². The molecule has 0 atom stereocenters. The number of hydrogen-bond acceptors (Lipinski definition) is 5. The van der Waals surface area contributed by atoms with E-state index in [-0.39, 0.29) is 36.2 Å².